The van der Waals surface area contributed by atoms with Crippen LogP contribution >= 0.6 is 0 Å². The average molecular weight is 383 g/mol. The Balaban J connectivity index is 1.58. The average Bonchev–Trinajstić information content (AvgIpc) is 3.20. The summed E-state index contributed by atoms with van der Waals surface area (Å²) in [6.45, 7) is 3.12. The van der Waals surface area contributed by atoms with E-state index >= 15 is 0 Å². The molecule has 1 aromatic rings. The molecule has 0 unspecified atom stereocenters. The fourth-order valence-corrected chi connectivity index (χ4v) is 3.20. The molecule has 0 radical (unpaired) electrons. The molecule has 5 atom stereocenters. The van der Waals surface area contributed by atoms with Crippen LogP contribution in [0.2, 0.25) is 0 Å². The summed E-state index contributed by atoms with van der Waals surface area (Å²) in [6, 6.07) is 7.54. The molecule has 9 heteroatoms. The molecule has 0 N–H and O–H groups in total. The minimum absolute atomic E-state index is 0.282. The second-order valence-electron chi connectivity index (χ2n) is 6.48. The second kappa shape index (κ2) is 9.32. The maximum atomic E-state index is 10.8. The first-order chi connectivity index (χ1) is 13.1. The van der Waals surface area contributed by atoms with Gasteiger partial charge in [-0.3, -0.25) is 0 Å². The largest absolute Gasteiger partial charge is 0.497 e. The summed E-state index contributed by atoms with van der Waals surface area (Å²) >= 11 is 0. The van der Waals surface area contributed by atoms with Gasteiger partial charge < -0.3 is 28.5 Å². The van der Waals surface area contributed by atoms with E-state index in [2.05, 4.69) is 0 Å². The Morgan fingerprint density at radius 2 is 2.00 bits per heavy atom. The number of benzene rings is 1. The third kappa shape index (κ3) is 4.86. The van der Waals surface area contributed by atoms with E-state index in [4.69, 9.17) is 28.5 Å². The maximum Gasteiger partial charge on any atom is 0.295 e. The lowest BCUT2D eigenvalue weighted by Gasteiger charge is -2.21. The highest BCUT2D eigenvalue weighted by Gasteiger charge is 2.55. The fourth-order valence-electron chi connectivity index (χ4n) is 3.20. The molecule has 0 saturated carbocycles. The molecular formula is C18H25NO8. The number of hydrogen-bond acceptors (Lipinski definition) is 8. The number of methoxy groups -OCH3 is 1. The summed E-state index contributed by atoms with van der Waals surface area (Å²) in [5.74, 6) is 0.772. The van der Waals surface area contributed by atoms with Crippen LogP contribution in [0.4, 0.5) is 0 Å². The van der Waals surface area contributed by atoms with Crippen LogP contribution in [0.25, 0.3) is 0 Å². The van der Waals surface area contributed by atoms with E-state index in [1.54, 1.807) is 7.11 Å². The lowest BCUT2D eigenvalue weighted by molar-refractivity contribution is -0.772. The first-order valence-corrected chi connectivity index (χ1v) is 9.06. The van der Waals surface area contributed by atoms with Gasteiger partial charge in [0.15, 0.2) is 12.4 Å². The molecule has 9 nitrogen and oxygen atoms in total. The van der Waals surface area contributed by atoms with Gasteiger partial charge in [0, 0.05) is 6.61 Å². The Hall–Kier alpha value is -1.94. The van der Waals surface area contributed by atoms with Crippen LogP contribution < -0.4 is 4.74 Å². The molecule has 2 saturated heterocycles. The van der Waals surface area contributed by atoms with Gasteiger partial charge in [-0.15, -0.1) is 10.1 Å². The van der Waals surface area contributed by atoms with E-state index in [0.29, 0.717) is 13.2 Å². The van der Waals surface area contributed by atoms with E-state index in [1.807, 2.05) is 31.2 Å². The van der Waals surface area contributed by atoms with Gasteiger partial charge in [0.05, 0.1) is 20.3 Å². The van der Waals surface area contributed by atoms with Crippen molar-refractivity contribution in [2.45, 2.75) is 57.1 Å². The topological polar surface area (TPSA) is 98.5 Å². The van der Waals surface area contributed by atoms with Crippen molar-refractivity contribution in [2.75, 3.05) is 20.3 Å². The van der Waals surface area contributed by atoms with Gasteiger partial charge in [-0.1, -0.05) is 25.5 Å². The summed E-state index contributed by atoms with van der Waals surface area (Å²) in [5.41, 5.74) is 0.978. The van der Waals surface area contributed by atoms with Crippen LogP contribution in [0, 0.1) is 10.1 Å². The third-order valence-electron chi connectivity index (χ3n) is 4.64. The van der Waals surface area contributed by atoms with E-state index < -0.39 is 29.7 Å². The molecule has 2 aliphatic rings. The normalized spacial score (nSPS) is 29.5. The smallest absolute Gasteiger partial charge is 0.295 e. The predicted molar refractivity (Wildman–Crippen MR) is 92.7 cm³/mol. The van der Waals surface area contributed by atoms with Gasteiger partial charge in [0.1, 0.15) is 24.1 Å². The summed E-state index contributed by atoms with van der Waals surface area (Å²) in [4.78, 5) is 15.6. The van der Waals surface area contributed by atoms with Crippen molar-refractivity contribution in [3.8, 4) is 5.75 Å². The zero-order valence-corrected chi connectivity index (χ0v) is 15.4. The molecule has 0 spiro atoms. The highest BCUT2D eigenvalue weighted by atomic mass is 17.0. The molecule has 3 rings (SSSR count). The van der Waals surface area contributed by atoms with E-state index in [-0.39, 0.29) is 12.7 Å². The zero-order valence-electron chi connectivity index (χ0n) is 15.4. The van der Waals surface area contributed by atoms with Crippen LogP contribution in [0.15, 0.2) is 24.3 Å². The lowest BCUT2D eigenvalue weighted by atomic mass is 10.1. The Morgan fingerprint density at radius 1 is 1.22 bits per heavy atom. The fraction of sp³-hybridized carbons (Fsp3) is 0.667. The van der Waals surface area contributed by atoms with Crippen LogP contribution in [0.5, 0.6) is 5.75 Å². The molecule has 1 aromatic carbocycles. The Kier molecular flexibility index (Phi) is 6.84. The standard InChI is InChI=1S/C18H25NO8/c1-3-4-9-23-18-17(27-19(20)21)16-15(26-18)14(11-25-16)24-10-12-5-7-13(22-2)8-6-12/h5-8,14-18H,3-4,9-11H2,1-2H3/t14-,15-,16+,17-,18-/m1/s1. The molecule has 0 aromatic heterocycles. The molecule has 2 fully saturated rings. The first kappa shape index (κ1) is 19.8. The minimum Gasteiger partial charge on any atom is -0.497 e. The first-order valence-electron chi connectivity index (χ1n) is 9.06. The maximum absolute atomic E-state index is 10.8. The predicted octanol–water partition coefficient (Wildman–Crippen LogP) is 2.10. The van der Waals surface area contributed by atoms with Crippen molar-refractivity contribution in [1.29, 1.82) is 0 Å². The highest BCUT2D eigenvalue weighted by Crippen LogP contribution is 2.35. The number of rotatable bonds is 10. The number of nitrogens with zero attached hydrogens (tertiary/aromatic N) is 1. The zero-order chi connectivity index (χ0) is 19.2. The molecule has 2 aliphatic heterocycles. The molecule has 2 heterocycles. The van der Waals surface area contributed by atoms with Crippen molar-refractivity contribution in [1.82, 2.24) is 0 Å². The monoisotopic (exact) mass is 383 g/mol. The van der Waals surface area contributed by atoms with Crippen molar-refractivity contribution in [2.24, 2.45) is 0 Å². The van der Waals surface area contributed by atoms with Crippen LogP contribution in [0.3, 0.4) is 0 Å². The van der Waals surface area contributed by atoms with Gasteiger partial charge in [-0.05, 0) is 24.1 Å². The summed E-state index contributed by atoms with van der Waals surface area (Å²) < 4.78 is 28.2. The SMILES string of the molecule is CCCCO[C@@H]1O[C@H]2[C@H](OC[C@H]2OCc2ccc(OC)cc2)[C@H]1O[N+](=O)[O-]. The van der Waals surface area contributed by atoms with Crippen LogP contribution in [0.1, 0.15) is 25.3 Å². The molecular weight excluding hydrogens is 358 g/mol. The van der Waals surface area contributed by atoms with Crippen molar-refractivity contribution in [3.05, 3.63) is 39.9 Å². The molecule has 150 valence electrons. The lowest BCUT2D eigenvalue weighted by Crippen LogP contribution is -2.38. The van der Waals surface area contributed by atoms with Gasteiger partial charge in [-0.25, -0.2) is 0 Å². The van der Waals surface area contributed by atoms with E-state index in [0.717, 1.165) is 24.2 Å². The van der Waals surface area contributed by atoms with Gasteiger partial charge in [0.25, 0.3) is 5.09 Å². The van der Waals surface area contributed by atoms with Crippen LogP contribution in [-0.4, -0.2) is 56.1 Å². The third-order valence-corrected chi connectivity index (χ3v) is 4.64. The quantitative estimate of drug-likeness (QED) is 0.344. The Bertz CT molecular complexity index is 610. The van der Waals surface area contributed by atoms with Gasteiger partial charge >= 0.3 is 0 Å². The highest BCUT2D eigenvalue weighted by molar-refractivity contribution is 5.26. The molecule has 0 bridgehead atoms. The summed E-state index contributed by atoms with van der Waals surface area (Å²) in [6.07, 6.45) is -1.40. The molecule has 0 aliphatic carbocycles. The molecule has 27 heavy (non-hydrogen) atoms. The number of unbranched alkanes of at least 4 members (excludes halogenated alkanes) is 1. The van der Waals surface area contributed by atoms with Crippen LogP contribution in [-0.2, 0) is 30.4 Å². The summed E-state index contributed by atoms with van der Waals surface area (Å²) in [5, 5.41) is 10.0. The number of fused-ring (bicyclic) bond motifs is 1. The molecule has 0 amide bonds. The Labute approximate surface area is 157 Å². The van der Waals surface area contributed by atoms with E-state index in [9.17, 15) is 10.1 Å². The van der Waals surface area contributed by atoms with Crippen molar-refractivity contribution < 1.29 is 33.6 Å². The van der Waals surface area contributed by atoms with Crippen molar-refractivity contribution in [3.63, 3.8) is 0 Å². The number of ether oxygens (including phenoxy) is 5. The Morgan fingerprint density at radius 3 is 2.67 bits per heavy atom. The van der Waals surface area contributed by atoms with Gasteiger partial charge in [0.2, 0.25) is 0 Å². The number of hydrogen-bond donors (Lipinski definition) is 0. The minimum atomic E-state index is -0.920. The van der Waals surface area contributed by atoms with Crippen molar-refractivity contribution >= 4 is 0 Å². The van der Waals surface area contributed by atoms with E-state index in [1.165, 1.54) is 0 Å². The summed E-state index contributed by atoms with van der Waals surface area (Å²) in [7, 11) is 1.61. The van der Waals surface area contributed by atoms with Gasteiger partial charge in [-0.2, -0.15) is 0 Å². The second-order valence-corrected chi connectivity index (χ2v) is 6.48.